The van der Waals surface area contributed by atoms with Crippen LogP contribution in [0.25, 0.3) is 0 Å². The van der Waals surface area contributed by atoms with E-state index in [4.69, 9.17) is 14.6 Å². The summed E-state index contributed by atoms with van der Waals surface area (Å²) < 4.78 is 11.7. The van der Waals surface area contributed by atoms with E-state index < -0.39 is 5.97 Å². The van der Waals surface area contributed by atoms with Crippen molar-refractivity contribution in [1.82, 2.24) is 15.1 Å². The van der Waals surface area contributed by atoms with E-state index in [2.05, 4.69) is 10.4 Å². The molecule has 128 valence electrons. The van der Waals surface area contributed by atoms with Crippen molar-refractivity contribution in [1.29, 1.82) is 0 Å². The molecule has 0 spiro atoms. The van der Waals surface area contributed by atoms with Crippen LogP contribution in [0.3, 0.4) is 0 Å². The average molecular weight is 333 g/mol. The maximum atomic E-state index is 12.3. The Morgan fingerprint density at radius 3 is 2.71 bits per heavy atom. The van der Waals surface area contributed by atoms with Gasteiger partial charge in [-0.05, 0) is 25.1 Å². The highest BCUT2D eigenvalue weighted by molar-refractivity contribution is 5.94. The summed E-state index contributed by atoms with van der Waals surface area (Å²) in [5, 5.41) is 15.4. The van der Waals surface area contributed by atoms with Gasteiger partial charge in [-0.25, -0.2) is 0 Å². The third-order valence-corrected chi connectivity index (χ3v) is 3.44. The lowest BCUT2D eigenvalue weighted by molar-refractivity contribution is -0.137. The molecule has 0 bridgehead atoms. The summed E-state index contributed by atoms with van der Waals surface area (Å²) >= 11 is 0. The molecule has 8 nitrogen and oxygen atoms in total. The lowest BCUT2D eigenvalue weighted by Gasteiger charge is -2.18. The van der Waals surface area contributed by atoms with Gasteiger partial charge in [-0.2, -0.15) is 5.10 Å². The minimum atomic E-state index is -1.03. The molecule has 24 heavy (non-hydrogen) atoms. The number of rotatable bonds is 7. The van der Waals surface area contributed by atoms with E-state index in [0.29, 0.717) is 11.5 Å². The van der Waals surface area contributed by atoms with E-state index in [1.54, 1.807) is 32.4 Å². The molecule has 2 N–H and O–H groups in total. The van der Waals surface area contributed by atoms with Crippen LogP contribution in [0.4, 0.5) is 0 Å². The summed E-state index contributed by atoms with van der Waals surface area (Å²) in [6.45, 7) is 1.52. The van der Waals surface area contributed by atoms with Crippen LogP contribution in [0.2, 0.25) is 0 Å². The number of carboxylic acid groups (broad SMARTS) is 1. The predicted octanol–water partition coefficient (Wildman–Crippen LogP) is 1.48. The minimum absolute atomic E-state index is 0.282. The molecule has 0 aliphatic rings. The zero-order valence-electron chi connectivity index (χ0n) is 13.6. The number of carbonyl (C=O) groups is 2. The monoisotopic (exact) mass is 333 g/mol. The number of carbonyl (C=O) groups excluding carboxylic acids is 1. The molecule has 1 amide bonds. The molecule has 0 fully saturated rings. The van der Waals surface area contributed by atoms with Crippen molar-refractivity contribution in [3.05, 3.63) is 41.7 Å². The summed E-state index contributed by atoms with van der Waals surface area (Å²) in [5.41, 5.74) is 1.05. The zero-order chi connectivity index (χ0) is 17.7. The lowest BCUT2D eigenvalue weighted by Crippen LogP contribution is -2.26. The second-order valence-corrected chi connectivity index (χ2v) is 5.12. The van der Waals surface area contributed by atoms with Gasteiger partial charge in [-0.15, -0.1) is 0 Å². The van der Waals surface area contributed by atoms with Gasteiger partial charge >= 0.3 is 5.97 Å². The Morgan fingerprint density at radius 1 is 1.33 bits per heavy atom. The van der Waals surface area contributed by atoms with Crippen LogP contribution >= 0.6 is 0 Å². The van der Waals surface area contributed by atoms with Crippen LogP contribution < -0.4 is 14.8 Å². The molecule has 1 aromatic heterocycles. The normalized spacial score (nSPS) is 11.6. The molecule has 0 saturated heterocycles. The molecule has 0 aliphatic carbocycles. The van der Waals surface area contributed by atoms with Crippen LogP contribution in [0, 0.1) is 0 Å². The summed E-state index contributed by atoms with van der Waals surface area (Å²) in [5.74, 6) is -0.102. The molecule has 2 rings (SSSR count). The van der Waals surface area contributed by atoms with Crippen molar-refractivity contribution in [3.8, 4) is 11.5 Å². The predicted molar refractivity (Wildman–Crippen MR) is 85.3 cm³/mol. The number of ether oxygens (including phenoxy) is 2. The molecule has 0 radical (unpaired) electrons. The van der Waals surface area contributed by atoms with E-state index in [9.17, 15) is 9.59 Å². The maximum absolute atomic E-state index is 12.3. The quantitative estimate of drug-likeness (QED) is 0.795. The first-order valence-electron chi connectivity index (χ1n) is 7.21. The van der Waals surface area contributed by atoms with E-state index in [1.807, 2.05) is 6.92 Å². The molecule has 1 heterocycles. The first-order valence-corrected chi connectivity index (χ1v) is 7.21. The van der Waals surface area contributed by atoms with Gasteiger partial charge in [0.2, 0.25) is 0 Å². The Bertz CT molecular complexity index is 741. The summed E-state index contributed by atoms with van der Waals surface area (Å²) in [6.07, 6.45) is 2.72. The number of hydrogen-bond acceptors (Lipinski definition) is 5. The maximum Gasteiger partial charge on any atom is 0.325 e. The fraction of sp³-hybridized carbons (Fsp3) is 0.312. The van der Waals surface area contributed by atoms with Crippen molar-refractivity contribution in [2.45, 2.75) is 19.5 Å². The standard InChI is InChI=1S/C16H19N3O5/c1-10(13-6-12(23-2)4-5-14(13)24-3)18-16(22)11-7-17-19(8-11)9-15(20)21/h4-8,10H,9H2,1-3H3,(H,18,22)(H,20,21). The highest BCUT2D eigenvalue weighted by Crippen LogP contribution is 2.29. The molecular formula is C16H19N3O5. The number of nitrogens with one attached hydrogen (secondary N) is 1. The Kier molecular flexibility index (Phi) is 5.41. The second-order valence-electron chi connectivity index (χ2n) is 5.12. The second kappa shape index (κ2) is 7.49. The molecule has 0 saturated carbocycles. The lowest BCUT2D eigenvalue weighted by atomic mass is 10.1. The third-order valence-electron chi connectivity index (χ3n) is 3.44. The molecular weight excluding hydrogens is 314 g/mol. The van der Waals surface area contributed by atoms with Crippen LogP contribution in [0.5, 0.6) is 11.5 Å². The van der Waals surface area contributed by atoms with E-state index in [-0.39, 0.29) is 24.1 Å². The van der Waals surface area contributed by atoms with Gasteiger partial charge in [0, 0.05) is 11.8 Å². The van der Waals surface area contributed by atoms with Crippen molar-refractivity contribution in [3.63, 3.8) is 0 Å². The van der Waals surface area contributed by atoms with Gasteiger partial charge in [0.05, 0.1) is 32.0 Å². The van der Waals surface area contributed by atoms with Crippen LogP contribution in [-0.4, -0.2) is 41.0 Å². The molecule has 0 aliphatic heterocycles. The zero-order valence-corrected chi connectivity index (χ0v) is 13.6. The fourth-order valence-electron chi connectivity index (χ4n) is 2.24. The van der Waals surface area contributed by atoms with Crippen LogP contribution in [0.15, 0.2) is 30.6 Å². The first kappa shape index (κ1) is 17.3. The smallest absolute Gasteiger partial charge is 0.325 e. The SMILES string of the molecule is COc1ccc(OC)c(C(C)NC(=O)c2cnn(CC(=O)O)c2)c1. The molecule has 8 heteroatoms. The Balaban J connectivity index is 2.14. The largest absolute Gasteiger partial charge is 0.497 e. The highest BCUT2D eigenvalue weighted by Gasteiger charge is 2.17. The van der Waals surface area contributed by atoms with Gasteiger partial charge in [-0.1, -0.05) is 0 Å². The number of carboxylic acids is 1. The number of amides is 1. The van der Waals surface area contributed by atoms with Crippen molar-refractivity contribution in [2.75, 3.05) is 14.2 Å². The van der Waals surface area contributed by atoms with E-state index in [0.717, 1.165) is 5.56 Å². The van der Waals surface area contributed by atoms with Gasteiger partial charge in [-0.3, -0.25) is 14.3 Å². The van der Waals surface area contributed by atoms with Gasteiger partial charge in [0.15, 0.2) is 0 Å². The Hall–Kier alpha value is -3.03. The van der Waals surface area contributed by atoms with E-state index in [1.165, 1.54) is 17.1 Å². The Morgan fingerprint density at radius 2 is 2.08 bits per heavy atom. The fourth-order valence-corrected chi connectivity index (χ4v) is 2.24. The number of hydrogen-bond donors (Lipinski definition) is 2. The summed E-state index contributed by atoms with van der Waals surface area (Å²) in [4.78, 5) is 23.0. The topological polar surface area (TPSA) is 103 Å². The Labute approximate surface area is 139 Å². The number of benzene rings is 1. The summed E-state index contributed by atoms with van der Waals surface area (Å²) in [7, 11) is 3.11. The third kappa shape index (κ3) is 4.03. The number of methoxy groups -OCH3 is 2. The first-order chi connectivity index (χ1) is 11.4. The van der Waals surface area contributed by atoms with E-state index >= 15 is 0 Å². The van der Waals surface area contributed by atoms with Gasteiger partial charge in [0.25, 0.3) is 5.91 Å². The highest BCUT2D eigenvalue weighted by atomic mass is 16.5. The van der Waals surface area contributed by atoms with Gasteiger partial charge < -0.3 is 19.9 Å². The van der Waals surface area contributed by atoms with Crippen molar-refractivity contribution >= 4 is 11.9 Å². The van der Waals surface area contributed by atoms with Crippen molar-refractivity contribution in [2.24, 2.45) is 0 Å². The number of aliphatic carboxylic acids is 1. The van der Waals surface area contributed by atoms with Gasteiger partial charge in [0.1, 0.15) is 18.0 Å². The number of aromatic nitrogens is 2. The number of nitrogens with zero attached hydrogens (tertiary/aromatic N) is 2. The summed E-state index contributed by atoms with van der Waals surface area (Å²) in [6, 6.07) is 4.98. The van der Waals surface area contributed by atoms with Crippen molar-refractivity contribution < 1.29 is 24.2 Å². The molecule has 1 atom stereocenters. The van der Waals surface area contributed by atoms with Crippen LogP contribution in [0.1, 0.15) is 28.9 Å². The average Bonchev–Trinajstić information content (AvgIpc) is 3.01. The molecule has 1 unspecified atom stereocenters. The molecule has 1 aromatic carbocycles. The minimum Gasteiger partial charge on any atom is -0.497 e. The molecule has 2 aromatic rings. The van der Waals surface area contributed by atoms with Crippen LogP contribution in [-0.2, 0) is 11.3 Å².